The minimum atomic E-state index is -0.415. The number of nitrogens with zero attached hydrogens (tertiary/aromatic N) is 4. The number of aryl methyl sites for hydroxylation is 1. The molecule has 0 saturated carbocycles. The maximum atomic E-state index is 14.2. The van der Waals surface area contributed by atoms with Crippen molar-refractivity contribution in [2.75, 3.05) is 0 Å². The van der Waals surface area contributed by atoms with E-state index in [0.717, 1.165) is 0 Å². The first-order valence-electron chi connectivity index (χ1n) is 8.43. The lowest BCUT2D eigenvalue weighted by Crippen LogP contribution is -2.25. The van der Waals surface area contributed by atoms with Crippen molar-refractivity contribution in [1.82, 2.24) is 19.5 Å². The highest BCUT2D eigenvalue weighted by atomic mass is 35.5. The third-order valence-electron chi connectivity index (χ3n) is 4.31. The summed E-state index contributed by atoms with van der Waals surface area (Å²) < 4.78 is 15.6. The van der Waals surface area contributed by atoms with Gasteiger partial charge in [-0.15, -0.1) is 0 Å². The molecule has 4 aromatic rings. The second kappa shape index (κ2) is 7.66. The molecule has 5 nitrogen and oxygen atoms in total. The first-order chi connectivity index (χ1) is 13.5. The van der Waals surface area contributed by atoms with E-state index in [1.54, 1.807) is 42.7 Å². The van der Waals surface area contributed by atoms with Gasteiger partial charge in [0.05, 0.1) is 10.4 Å². The summed E-state index contributed by atoms with van der Waals surface area (Å²) in [6.45, 7) is 0.219. The predicted octanol–water partition coefficient (Wildman–Crippen LogP) is 4.54. The molecule has 0 spiro atoms. The van der Waals surface area contributed by atoms with Gasteiger partial charge >= 0.3 is 0 Å². The number of rotatable bonds is 4. The van der Waals surface area contributed by atoms with Gasteiger partial charge in [0.15, 0.2) is 5.65 Å². The van der Waals surface area contributed by atoms with Gasteiger partial charge in [-0.05, 0) is 42.3 Å². The van der Waals surface area contributed by atoms with Crippen LogP contribution in [0.15, 0.2) is 59.8 Å². The van der Waals surface area contributed by atoms with E-state index < -0.39 is 5.82 Å². The molecule has 140 valence electrons. The van der Waals surface area contributed by atoms with E-state index >= 15 is 0 Å². The highest BCUT2D eigenvalue weighted by Crippen LogP contribution is 2.21. The van der Waals surface area contributed by atoms with Gasteiger partial charge in [0.1, 0.15) is 11.6 Å². The lowest BCUT2D eigenvalue weighted by molar-refractivity contribution is 0.589. The number of fused-ring (bicyclic) bond motifs is 1. The molecule has 3 heterocycles. The van der Waals surface area contributed by atoms with Crippen LogP contribution in [0.1, 0.15) is 5.56 Å². The van der Waals surface area contributed by atoms with Gasteiger partial charge < -0.3 is 0 Å². The summed E-state index contributed by atoms with van der Waals surface area (Å²) in [7, 11) is 0. The first kappa shape index (κ1) is 18.5. The van der Waals surface area contributed by atoms with Crippen LogP contribution >= 0.6 is 23.2 Å². The molecule has 4 rings (SSSR count). The molecule has 0 aliphatic heterocycles. The van der Waals surface area contributed by atoms with Crippen molar-refractivity contribution < 1.29 is 4.39 Å². The van der Waals surface area contributed by atoms with Crippen molar-refractivity contribution in [2.24, 2.45) is 0 Å². The Labute approximate surface area is 169 Å². The van der Waals surface area contributed by atoms with Gasteiger partial charge in [-0.1, -0.05) is 29.3 Å². The molecule has 0 amide bonds. The topological polar surface area (TPSA) is 60.7 Å². The zero-order valence-electron chi connectivity index (χ0n) is 14.4. The van der Waals surface area contributed by atoms with E-state index in [2.05, 4.69) is 15.0 Å². The fraction of sp³-hybridized carbons (Fsp3) is 0.100. The van der Waals surface area contributed by atoms with Crippen LogP contribution in [0, 0.1) is 5.82 Å². The summed E-state index contributed by atoms with van der Waals surface area (Å²) in [5.41, 5.74) is 1.10. The number of hydrogen-bond acceptors (Lipinski definition) is 4. The molecule has 0 fully saturated rings. The van der Waals surface area contributed by atoms with Crippen LogP contribution in [-0.4, -0.2) is 19.5 Å². The van der Waals surface area contributed by atoms with Crippen LogP contribution in [0.2, 0.25) is 10.0 Å². The van der Waals surface area contributed by atoms with Crippen molar-refractivity contribution in [3.63, 3.8) is 0 Å². The van der Waals surface area contributed by atoms with Crippen molar-refractivity contribution in [3.05, 3.63) is 86.8 Å². The molecule has 0 radical (unpaired) electrons. The van der Waals surface area contributed by atoms with Crippen molar-refractivity contribution in [2.45, 2.75) is 13.0 Å². The van der Waals surface area contributed by atoms with Crippen molar-refractivity contribution in [3.8, 4) is 11.4 Å². The van der Waals surface area contributed by atoms with Crippen molar-refractivity contribution in [1.29, 1.82) is 0 Å². The number of hydrogen-bond donors (Lipinski definition) is 0. The van der Waals surface area contributed by atoms with Crippen LogP contribution < -0.4 is 5.56 Å². The quantitative estimate of drug-likeness (QED) is 0.491. The fourth-order valence-corrected chi connectivity index (χ4v) is 3.31. The molecule has 0 saturated heterocycles. The average molecular weight is 415 g/mol. The summed E-state index contributed by atoms with van der Waals surface area (Å²) in [4.78, 5) is 25.9. The normalized spacial score (nSPS) is 11.1. The van der Waals surface area contributed by atoms with E-state index in [-0.39, 0.29) is 18.5 Å². The largest absolute Gasteiger partial charge is 0.292 e. The van der Waals surface area contributed by atoms with E-state index in [9.17, 15) is 9.18 Å². The Morgan fingerprint density at radius 3 is 2.71 bits per heavy atom. The Morgan fingerprint density at radius 1 is 1.07 bits per heavy atom. The maximum Gasteiger partial charge on any atom is 0.263 e. The van der Waals surface area contributed by atoms with Crippen LogP contribution in [-0.2, 0) is 13.0 Å². The van der Waals surface area contributed by atoms with Crippen LogP contribution in [0.25, 0.3) is 22.4 Å². The SMILES string of the molecule is O=c1c2cccnc2nc(-c2cncc(Cl)c2)n1CCc1ccc(Cl)cc1F. The van der Waals surface area contributed by atoms with Crippen molar-refractivity contribution >= 4 is 34.2 Å². The van der Waals surface area contributed by atoms with Gasteiger partial charge in [-0.2, -0.15) is 0 Å². The third-order valence-corrected chi connectivity index (χ3v) is 4.75. The highest BCUT2D eigenvalue weighted by Gasteiger charge is 2.15. The second-order valence-electron chi connectivity index (χ2n) is 6.14. The standard InChI is InChI=1S/C20H13Cl2FN4O/c21-14-4-3-12(17(23)9-14)5-7-27-19(13-8-15(22)11-24-10-13)26-18-16(20(27)28)2-1-6-25-18/h1-4,6,8-11H,5,7H2. The summed E-state index contributed by atoms with van der Waals surface area (Å²) in [5.74, 6) is -0.0393. The molecule has 1 aromatic carbocycles. The number of aromatic nitrogens is 4. The predicted molar refractivity (Wildman–Crippen MR) is 107 cm³/mol. The van der Waals surface area contributed by atoms with E-state index in [1.807, 2.05) is 0 Å². The Morgan fingerprint density at radius 2 is 1.93 bits per heavy atom. The minimum Gasteiger partial charge on any atom is -0.292 e. The van der Waals surface area contributed by atoms with Gasteiger partial charge in [0, 0.05) is 35.7 Å². The van der Waals surface area contributed by atoms with Gasteiger partial charge in [-0.25, -0.2) is 14.4 Å². The molecule has 3 aromatic heterocycles. The van der Waals surface area contributed by atoms with Gasteiger partial charge in [-0.3, -0.25) is 14.3 Å². The zero-order chi connectivity index (χ0) is 19.7. The molecule has 0 atom stereocenters. The molecule has 0 N–H and O–H groups in total. The first-order valence-corrected chi connectivity index (χ1v) is 9.19. The zero-order valence-corrected chi connectivity index (χ0v) is 16.0. The van der Waals surface area contributed by atoms with Crippen LogP contribution in [0.4, 0.5) is 4.39 Å². The summed E-state index contributed by atoms with van der Waals surface area (Å²) in [5, 5.41) is 1.13. The van der Waals surface area contributed by atoms with Gasteiger partial charge in [0.2, 0.25) is 0 Å². The number of halogens is 3. The maximum absolute atomic E-state index is 14.2. The Hall–Kier alpha value is -2.83. The Kier molecular flexibility index (Phi) is 5.07. The molecule has 0 aliphatic carbocycles. The second-order valence-corrected chi connectivity index (χ2v) is 7.02. The fourth-order valence-electron chi connectivity index (χ4n) is 2.97. The van der Waals surface area contributed by atoms with E-state index in [4.69, 9.17) is 23.2 Å². The molecule has 8 heteroatoms. The lowest BCUT2D eigenvalue weighted by Gasteiger charge is -2.14. The molecular weight excluding hydrogens is 402 g/mol. The molecule has 0 bridgehead atoms. The summed E-state index contributed by atoms with van der Waals surface area (Å²) in [6, 6.07) is 9.49. The monoisotopic (exact) mass is 414 g/mol. The van der Waals surface area contributed by atoms with Crippen LogP contribution in [0.3, 0.4) is 0 Å². The van der Waals surface area contributed by atoms with E-state index in [0.29, 0.717) is 38.0 Å². The smallest absolute Gasteiger partial charge is 0.263 e. The molecule has 0 aliphatic rings. The Bertz CT molecular complexity index is 1240. The average Bonchev–Trinajstić information content (AvgIpc) is 2.68. The summed E-state index contributed by atoms with van der Waals surface area (Å²) in [6.07, 6.45) is 4.93. The molecular formula is C20H13Cl2FN4O. The van der Waals surface area contributed by atoms with Crippen LogP contribution in [0.5, 0.6) is 0 Å². The summed E-state index contributed by atoms with van der Waals surface area (Å²) >= 11 is 11.9. The van der Waals surface area contributed by atoms with Gasteiger partial charge in [0.25, 0.3) is 5.56 Å². The lowest BCUT2D eigenvalue weighted by atomic mass is 10.1. The minimum absolute atomic E-state index is 0.219. The number of benzene rings is 1. The Balaban J connectivity index is 1.84. The number of pyridine rings is 2. The molecule has 0 unspecified atom stereocenters. The third kappa shape index (κ3) is 3.61. The van der Waals surface area contributed by atoms with E-state index in [1.165, 1.54) is 16.8 Å². The molecule has 28 heavy (non-hydrogen) atoms. The highest BCUT2D eigenvalue weighted by molar-refractivity contribution is 6.30.